The van der Waals surface area contributed by atoms with Crippen LogP contribution in [-0.4, -0.2) is 38.2 Å². The predicted molar refractivity (Wildman–Crippen MR) is 101 cm³/mol. The van der Waals surface area contributed by atoms with Gasteiger partial charge in [0, 0.05) is 24.5 Å². The van der Waals surface area contributed by atoms with Gasteiger partial charge in [0.15, 0.2) is 5.16 Å². The van der Waals surface area contributed by atoms with Gasteiger partial charge in [-0.25, -0.2) is 4.98 Å². The molecule has 2 aliphatic carbocycles. The zero-order valence-corrected chi connectivity index (χ0v) is 15.7. The summed E-state index contributed by atoms with van der Waals surface area (Å²) in [4.78, 5) is 19.5. The maximum atomic E-state index is 12.9. The van der Waals surface area contributed by atoms with Crippen molar-refractivity contribution in [2.45, 2.75) is 56.8 Å². The van der Waals surface area contributed by atoms with E-state index in [1.807, 2.05) is 24.5 Å². The van der Waals surface area contributed by atoms with Gasteiger partial charge in [-0.3, -0.25) is 9.36 Å². The van der Waals surface area contributed by atoms with E-state index >= 15 is 0 Å². The quantitative estimate of drug-likeness (QED) is 0.703. The number of imidazole rings is 1. The molecule has 0 saturated heterocycles. The summed E-state index contributed by atoms with van der Waals surface area (Å²) >= 11 is 1.55. The first-order valence-corrected chi connectivity index (χ1v) is 10.2. The Kier molecular flexibility index (Phi) is 4.59. The Hall–Kier alpha value is -1.75. The maximum absolute atomic E-state index is 12.9. The molecule has 0 N–H and O–H groups in total. The second-order valence-electron chi connectivity index (χ2n) is 7.27. The Balaban J connectivity index is 1.46. The number of thioether (sulfide) groups is 1. The Morgan fingerprint density at radius 3 is 2.76 bits per heavy atom. The first-order chi connectivity index (χ1) is 12.1. The van der Waals surface area contributed by atoms with Crippen LogP contribution in [0.3, 0.4) is 0 Å². The molecule has 2 aliphatic rings. The third kappa shape index (κ3) is 3.61. The third-order valence-corrected chi connectivity index (χ3v) is 6.23. The van der Waals surface area contributed by atoms with Crippen LogP contribution in [0.5, 0.6) is 0 Å². The predicted octanol–water partition coefficient (Wildman–Crippen LogP) is 4.06. The summed E-state index contributed by atoms with van der Waals surface area (Å²) < 4.78 is 2.08. The molecule has 0 spiro atoms. The fraction of sp³-hybridized carbons (Fsp3) is 0.500. The zero-order valence-electron chi connectivity index (χ0n) is 14.9. The number of benzene rings is 1. The van der Waals surface area contributed by atoms with Crippen LogP contribution in [0.4, 0.5) is 0 Å². The van der Waals surface area contributed by atoms with E-state index in [0.717, 1.165) is 16.8 Å². The number of nitrogens with zero attached hydrogens (tertiary/aromatic N) is 3. The van der Waals surface area contributed by atoms with Crippen molar-refractivity contribution in [1.29, 1.82) is 0 Å². The van der Waals surface area contributed by atoms with E-state index in [0.29, 0.717) is 17.8 Å². The van der Waals surface area contributed by atoms with Crippen LogP contribution in [0.2, 0.25) is 0 Å². The van der Waals surface area contributed by atoms with Gasteiger partial charge in [0.2, 0.25) is 5.91 Å². The molecule has 1 aromatic heterocycles. The molecule has 2 saturated carbocycles. The minimum absolute atomic E-state index is 0.270. The molecular formula is C20H25N3OS. The second kappa shape index (κ2) is 6.87. The van der Waals surface area contributed by atoms with Gasteiger partial charge in [0.05, 0.1) is 11.4 Å². The Morgan fingerprint density at radius 2 is 2.08 bits per heavy atom. The monoisotopic (exact) mass is 355 g/mol. The minimum Gasteiger partial charge on any atom is -0.336 e. The number of rotatable bonds is 7. The summed E-state index contributed by atoms with van der Waals surface area (Å²) in [5.74, 6) is 1.46. The van der Waals surface area contributed by atoms with Crippen LogP contribution in [0.1, 0.15) is 38.2 Å². The van der Waals surface area contributed by atoms with Crippen molar-refractivity contribution in [1.82, 2.24) is 14.5 Å². The van der Waals surface area contributed by atoms with Crippen LogP contribution in [0, 0.1) is 12.8 Å². The SMILES string of the molecule is Cc1ccccc1-n1ccnc1SCC(=O)N(C1CC1)C(C)C1CC1. The normalized spacial score (nSPS) is 18.2. The molecular weight excluding hydrogens is 330 g/mol. The first kappa shape index (κ1) is 16.7. The van der Waals surface area contributed by atoms with Gasteiger partial charge in [-0.15, -0.1) is 0 Å². The third-order valence-electron chi connectivity index (χ3n) is 5.28. The van der Waals surface area contributed by atoms with Crippen LogP contribution in [0.25, 0.3) is 5.69 Å². The molecule has 5 heteroatoms. The number of amides is 1. The van der Waals surface area contributed by atoms with Crippen molar-refractivity contribution in [2.24, 2.45) is 5.92 Å². The topological polar surface area (TPSA) is 38.1 Å². The van der Waals surface area contributed by atoms with E-state index in [1.165, 1.54) is 31.2 Å². The number of hydrogen-bond donors (Lipinski definition) is 0. The molecule has 4 rings (SSSR count). The lowest BCUT2D eigenvalue weighted by molar-refractivity contribution is -0.131. The van der Waals surface area contributed by atoms with Gasteiger partial charge in [-0.2, -0.15) is 0 Å². The fourth-order valence-electron chi connectivity index (χ4n) is 3.54. The van der Waals surface area contributed by atoms with Crippen LogP contribution in [-0.2, 0) is 4.79 Å². The van der Waals surface area contributed by atoms with Gasteiger partial charge >= 0.3 is 0 Å². The molecule has 0 bridgehead atoms. The molecule has 25 heavy (non-hydrogen) atoms. The van der Waals surface area contributed by atoms with E-state index in [2.05, 4.69) is 40.4 Å². The molecule has 132 valence electrons. The number of carbonyl (C=O) groups excluding carboxylic acids is 1. The van der Waals surface area contributed by atoms with E-state index in [9.17, 15) is 4.79 Å². The zero-order chi connectivity index (χ0) is 17.4. The number of hydrogen-bond acceptors (Lipinski definition) is 3. The molecule has 1 unspecified atom stereocenters. The Labute approximate surface area is 153 Å². The number of para-hydroxylation sites is 1. The summed E-state index contributed by atoms with van der Waals surface area (Å²) in [5, 5.41) is 0.887. The molecule has 1 atom stereocenters. The Morgan fingerprint density at radius 1 is 1.32 bits per heavy atom. The highest BCUT2D eigenvalue weighted by molar-refractivity contribution is 7.99. The number of aryl methyl sites for hydroxylation is 1. The summed E-state index contributed by atoms with van der Waals surface area (Å²) in [6.45, 7) is 4.33. The fourth-order valence-corrected chi connectivity index (χ4v) is 4.37. The van der Waals surface area contributed by atoms with Gasteiger partial charge in [0.1, 0.15) is 0 Å². The summed E-state index contributed by atoms with van der Waals surface area (Å²) in [6.07, 6.45) is 8.69. The van der Waals surface area contributed by atoms with Crippen molar-refractivity contribution < 1.29 is 4.79 Å². The molecule has 2 aromatic rings. The highest BCUT2D eigenvalue weighted by Gasteiger charge is 2.41. The lowest BCUT2D eigenvalue weighted by atomic mass is 10.2. The molecule has 0 aliphatic heterocycles. The highest BCUT2D eigenvalue weighted by atomic mass is 32.2. The van der Waals surface area contributed by atoms with Crippen molar-refractivity contribution in [3.8, 4) is 5.69 Å². The van der Waals surface area contributed by atoms with Crippen molar-refractivity contribution in [2.75, 3.05) is 5.75 Å². The average Bonchev–Trinajstić information content (AvgIpc) is 3.52. The lowest BCUT2D eigenvalue weighted by Crippen LogP contribution is -2.42. The van der Waals surface area contributed by atoms with Crippen LogP contribution in [0.15, 0.2) is 41.8 Å². The number of aromatic nitrogens is 2. The lowest BCUT2D eigenvalue weighted by Gasteiger charge is -2.29. The smallest absolute Gasteiger partial charge is 0.233 e. The highest BCUT2D eigenvalue weighted by Crippen LogP contribution is 2.40. The van der Waals surface area contributed by atoms with E-state index in [1.54, 1.807) is 11.8 Å². The second-order valence-corrected chi connectivity index (χ2v) is 8.21. The molecule has 1 heterocycles. The first-order valence-electron chi connectivity index (χ1n) is 9.18. The van der Waals surface area contributed by atoms with Gasteiger partial charge in [-0.05, 0) is 57.1 Å². The van der Waals surface area contributed by atoms with Crippen molar-refractivity contribution >= 4 is 17.7 Å². The maximum Gasteiger partial charge on any atom is 0.233 e. The molecule has 0 radical (unpaired) electrons. The molecule has 4 nitrogen and oxygen atoms in total. The van der Waals surface area contributed by atoms with Crippen molar-refractivity contribution in [3.05, 3.63) is 42.2 Å². The Bertz CT molecular complexity index is 764. The minimum atomic E-state index is 0.270. The standard InChI is InChI=1S/C20H25N3OS/c1-14-5-3-4-6-18(14)22-12-11-21-20(22)25-13-19(24)23(17-9-10-17)15(2)16-7-8-16/h3-6,11-12,15-17H,7-10,13H2,1-2H3. The van der Waals surface area contributed by atoms with E-state index in [4.69, 9.17) is 0 Å². The average molecular weight is 356 g/mol. The molecule has 2 fully saturated rings. The molecule has 1 amide bonds. The molecule has 1 aromatic carbocycles. The van der Waals surface area contributed by atoms with Gasteiger partial charge in [-0.1, -0.05) is 30.0 Å². The van der Waals surface area contributed by atoms with E-state index in [-0.39, 0.29) is 5.91 Å². The van der Waals surface area contributed by atoms with Crippen molar-refractivity contribution in [3.63, 3.8) is 0 Å². The summed E-state index contributed by atoms with van der Waals surface area (Å²) in [5.41, 5.74) is 2.33. The van der Waals surface area contributed by atoms with E-state index < -0.39 is 0 Å². The van der Waals surface area contributed by atoms with Gasteiger partial charge < -0.3 is 4.90 Å². The van der Waals surface area contributed by atoms with Crippen LogP contribution < -0.4 is 0 Å². The number of carbonyl (C=O) groups is 1. The van der Waals surface area contributed by atoms with Gasteiger partial charge in [0.25, 0.3) is 0 Å². The largest absolute Gasteiger partial charge is 0.336 e. The summed E-state index contributed by atoms with van der Waals surface area (Å²) in [7, 11) is 0. The summed E-state index contributed by atoms with van der Waals surface area (Å²) in [6, 6.07) is 9.15. The van der Waals surface area contributed by atoms with Crippen LogP contribution >= 0.6 is 11.8 Å².